The van der Waals surface area contributed by atoms with Gasteiger partial charge < -0.3 is 15.1 Å². The van der Waals surface area contributed by atoms with Crippen LogP contribution in [0.5, 0.6) is 0 Å². The molecule has 0 aromatic heterocycles. The third-order valence-electron chi connectivity index (χ3n) is 13.8. The summed E-state index contributed by atoms with van der Waals surface area (Å²) in [7, 11) is -3.74. The van der Waals surface area contributed by atoms with Crippen molar-refractivity contribution in [3.8, 4) is 0 Å². The van der Waals surface area contributed by atoms with Crippen molar-refractivity contribution in [3.63, 3.8) is 0 Å². The number of sulfonamides is 1. The molecule has 2 amide bonds. The average Bonchev–Trinajstić information content (AvgIpc) is 3.46. The monoisotopic (exact) mass is 1020 g/mol. The highest BCUT2D eigenvalue weighted by Crippen LogP contribution is 2.35. The molecule has 9 rings (SSSR count). The van der Waals surface area contributed by atoms with Gasteiger partial charge in [-0.05, 0) is 86.9 Å². The fourth-order valence-corrected chi connectivity index (χ4v) is 10.5. The zero-order valence-electron chi connectivity index (χ0n) is 43.6. The van der Waals surface area contributed by atoms with Gasteiger partial charge in [-0.15, -0.1) is 6.58 Å². The van der Waals surface area contributed by atoms with Crippen LogP contribution in [0.25, 0.3) is 0 Å². The Morgan fingerprint density at radius 3 is 1.46 bits per heavy atom. The van der Waals surface area contributed by atoms with Crippen LogP contribution in [-0.4, -0.2) is 65.4 Å². The normalized spacial score (nSPS) is 19.6. The molecule has 0 saturated carbocycles. The van der Waals surface area contributed by atoms with Gasteiger partial charge in [0.05, 0.1) is 39.4 Å². The molecule has 388 valence electrons. The lowest BCUT2D eigenvalue weighted by atomic mass is 9.86. The molecular weight excluding hydrogens is 943 g/mol. The first-order chi connectivity index (χ1) is 35.6. The Morgan fingerprint density at radius 2 is 1.03 bits per heavy atom. The quantitative estimate of drug-likeness (QED) is 0.0791. The lowest BCUT2D eigenvalue weighted by Crippen LogP contribution is -2.43. The Morgan fingerprint density at radius 1 is 0.608 bits per heavy atom. The zero-order valence-corrected chi connectivity index (χ0v) is 44.4. The van der Waals surface area contributed by atoms with Crippen LogP contribution in [-0.2, 0) is 19.6 Å². The smallest absolute Gasteiger partial charge is 0.269 e. The van der Waals surface area contributed by atoms with Crippen molar-refractivity contribution >= 4 is 27.5 Å². The Balaban J connectivity index is 0.000000164. The van der Waals surface area contributed by atoms with Crippen molar-refractivity contribution in [1.82, 2.24) is 19.4 Å². The molecule has 4 heterocycles. The van der Waals surface area contributed by atoms with Crippen molar-refractivity contribution < 1.29 is 22.9 Å². The number of nitro groups is 1. The molecule has 5 aromatic carbocycles. The highest BCUT2D eigenvalue weighted by Gasteiger charge is 2.36. The molecule has 74 heavy (non-hydrogen) atoms. The molecule has 12 heteroatoms. The minimum absolute atomic E-state index is 0.0432. The molecule has 0 bridgehead atoms. The molecule has 1 N–H and O–H groups in total. The summed E-state index contributed by atoms with van der Waals surface area (Å²) in [6, 6.07) is 45.6. The largest absolute Gasteiger partial charge is 0.331 e. The van der Waals surface area contributed by atoms with E-state index < -0.39 is 20.4 Å². The van der Waals surface area contributed by atoms with Gasteiger partial charge >= 0.3 is 0 Å². The van der Waals surface area contributed by atoms with E-state index in [0.29, 0.717) is 19.0 Å². The summed E-state index contributed by atoms with van der Waals surface area (Å²) >= 11 is 0. The molecule has 4 aliphatic rings. The third kappa shape index (κ3) is 14.8. The molecule has 5 aromatic rings. The highest BCUT2D eigenvalue weighted by molar-refractivity contribution is 7.89. The molecule has 4 aliphatic heterocycles. The molecule has 0 aliphatic carbocycles. The number of rotatable bonds is 11. The highest BCUT2D eigenvalue weighted by atomic mass is 32.2. The molecule has 4 atom stereocenters. The van der Waals surface area contributed by atoms with Crippen molar-refractivity contribution in [2.75, 3.05) is 26.2 Å². The Kier molecular flexibility index (Phi) is 20.4. The predicted octanol–water partition coefficient (Wildman–Crippen LogP) is 13.2. The number of amides is 2. The molecule has 0 saturated heterocycles. The van der Waals surface area contributed by atoms with Crippen LogP contribution in [0.4, 0.5) is 5.69 Å². The van der Waals surface area contributed by atoms with Crippen molar-refractivity contribution in [2.45, 2.75) is 95.8 Å². The third-order valence-corrected chi connectivity index (χ3v) is 15.7. The van der Waals surface area contributed by atoms with E-state index in [1.807, 2.05) is 116 Å². The summed E-state index contributed by atoms with van der Waals surface area (Å²) in [5.41, 5.74) is 3.67. The number of carbonyl (C=O) groups excluding carboxylic acids is 2. The summed E-state index contributed by atoms with van der Waals surface area (Å²) in [5.74, 6) is 0.397. The van der Waals surface area contributed by atoms with Gasteiger partial charge in [0.2, 0.25) is 21.8 Å². The maximum Gasteiger partial charge on any atom is 0.269 e. The minimum atomic E-state index is -3.74. The van der Waals surface area contributed by atoms with Gasteiger partial charge in [-0.25, -0.2) is 8.42 Å². The first kappa shape index (κ1) is 56.3. The summed E-state index contributed by atoms with van der Waals surface area (Å²) in [6.45, 7) is 16.8. The van der Waals surface area contributed by atoms with E-state index in [-0.39, 0.29) is 45.9 Å². The van der Waals surface area contributed by atoms with Crippen molar-refractivity contribution in [2.24, 2.45) is 10.8 Å². The first-order valence-electron chi connectivity index (χ1n) is 25.7. The SMILES string of the molecule is C1=C[C@@H](c2ccccc2)NCC1.C=CC(C)(C)C(=O)N1CCC=C[C@H]1c1ccccc1.CCC(C)(C)C(=O)N1CCC=C[C@H]1c1ccccc1.O=[N+]([O-])c1ccc(S(=O)(=O)N2CCC=C[C@H]2c2ccccc2)cc1. The summed E-state index contributed by atoms with van der Waals surface area (Å²) in [4.78, 5) is 39.6. The maximum absolute atomic E-state index is 13.0. The number of nitrogens with zero attached hydrogens (tertiary/aromatic N) is 4. The van der Waals surface area contributed by atoms with E-state index >= 15 is 0 Å². The maximum atomic E-state index is 13.0. The molecule has 0 radical (unpaired) electrons. The van der Waals surface area contributed by atoms with Crippen LogP contribution in [0, 0.1) is 20.9 Å². The van der Waals surface area contributed by atoms with Gasteiger partial charge in [-0.2, -0.15) is 4.31 Å². The molecule has 0 spiro atoms. The van der Waals surface area contributed by atoms with E-state index in [0.717, 1.165) is 56.4 Å². The molecule has 0 unspecified atom stereocenters. The molecule has 11 nitrogen and oxygen atoms in total. The van der Waals surface area contributed by atoms with Crippen LogP contribution in [0.2, 0.25) is 0 Å². The van der Waals surface area contributed by atoms with Gasteiger partial charge in [-0.1, -0.05) is 197 Å². The van der Waals surface area contributed by atoms with Crippen molar-refractivity contribution in [3.05, 3.63) is 239 Å². The fraction of sp³-hybridized carbons (Fsp3) is 0.323. The first-order valence-corrected chi connectivity index (χ1v) is 27.1. The second-order valence-electron chi connectivity index (χ2n) is 19.8. The van der Waals surface area contributed by atoms with E-state index in [9.17, 15) is 28.1 Å². The van der Waals surface area contributed by atoms with Crippen LogP contribution >= 0.6 is 0 Å². The Bertz CT molecular complexity index is 2830. The lowest BCUT2D eigenvalue weighted by molar-refractivity contribution is -0.384. The van der Waals surface area contributed by atoms with Gasteiger partial charge in [0.25, 0.3) is 5.69 Å². The second kappa shape index (κ2) is 26.8. The van der Waals surface area contributed by atoms with Gasteiger partial charge in [-0.3, -0.25) is 19.7 Å². The van der Waals surface area contributed by atoms with Crippen molar-refractivity contribution in [1.29, 1.82) is 0 Å². The van der Waals surface area contributed by atoms with Gasteiger partial charge in [0, 0.05) is 37.2 Å². The standard InChI is InChI=1S/C17H16N2O4S.C17H23NO.C17H21NO.C11H13N/c20-19(21)15-9-11-16(12-10-15)24(22,23)18-13-5-4-8-17(18)14-6-2-1-3-7-14;2*1-4-17(2,3)16(19)18-13-9-8-12-15(18)14-10-6-5-7-11-14;1-2-6-10(7-3-1)11-8-4-5-9-12-11/h1-4,6-12,17H,5,13H2;5-8,10-12,15H,4,9,13H2,1-3H3;4-8,10-12,15H,1,9,13H2,2-3H3;1-4,6-8,11-12H,5,9H2/t17-;2*15-;11-/m0000/s1. The number of nitrogens with one attached hydrogen (secondary N) is 1. The topological polar surface area (TPSA) is 133 Å². The van der Waals surface area contributed by atoms with E-state index in [1.54, 1.807) is 6.08 Å². The Hall–Kier alpha value is -6.99. The number of hydrogen-bond donors (Lipinski definition) is 1. The van der Waals surface area contributed by atoms with Crippen LogP contribution in [0.15, 0.2) is 212 Å². The van der Waals surface area contributed by atoms with Gasteiger partial charge in [0.15, 0.2) is 0 Å². The van der Waals surface area contributed by atoms with Crippen LogP contribution in [0.1, 0.15) is 113 Å². The zero-order chi connectivity index (χ0) is 53.1. The fourth-order valence-electron chi connectivity index (χ4n) is 8.95. The van der Waals surface area contributed by atoms with E-state index in [2.05, 4.69) is 110 Å². The number of benzene rings is 5. The van der Waals surface area contributed by atoms with E-state index in [4.69, 9.17) is 0 Å². The number of carbonyl (C=O) groups is 2. The lowest BCUT2D eigenvalue weighted by Gasteiger charge is -2.38. The molecule has 0 fully saturated rings. The number of hydrogen-bond acceptors (Lipinski definition) is 7. The van der Waals surface area contributed by atoms with Crippen LogP contribution < -0.4 is 5.32 Å². The van der Waals surface area contributed by atoms with Gasteiger partial charge in [0.1, 0.15) is 0 Å². The number of non-ortho nitro benzene ring substituents is 1. The molecular formula is C62H73N5O6S. The van der Waals surface area contributed by atoms with Crippen LogP contribution in [0.3, 0.4) is 0 Å². The Labute approximate surface area is 439 Å². The number of nitro benzene ring substituents is 1. The minimum Gasteiger partial charge on any atom is -0.331 e. The summed E-state index contributed by atoms with van der Waals surface area (Å²) in [5, 5.41) is 14.2. The summed E-state index contributed by atoms with van der Waals surface area (Å²) < 4.78 is 27.4. The average molecular weight is 1020 g/mol. The predicted molar refractivity (Wildman–Crippen MR) is 298 cm³/mol. The summed E-state index contributed by atoms with van der Waals surface area (Å²) in [6.07, 6.45) is 23.2. The van der Waals surface area contributed by atoms with E-state index in [1.165, 1.54) is 39.7 Å². The second-order valence-corrected chi connectivity index (χ2v) is 21.7.